The van der Waals surface area contributed by atoms with Crippen LogP contribution in [0.4, 0.5) is 5.82 Å². The summed E-state index contributed by atoms with van der Waals surface area (Å²) in [6.07, 6.45) is 2.16. The zero-order valence-corrected chi connectivity index (χ0v) is 19.3. The highest BCUT2D eigenvalue weighted by molar-refractivity contribution is 7.91. The van der Waals surface area contributed by atoms with E-state index >= 15 is 0 Å². The average molecular weight is 459 g/mol. The number of aryl methyl sites for hydroxylation is 1. The molecule has 1 N–H and O–H groups in total. The number of thiophene rings is 1. The number of anilines is 1. The summed E-state index contributed by atoms with van der Waals surface area (Å²) >= 11 is 1.38. The number of sulfone groups is 1. The lowest BCUT2D eigenvalue weighted by atomic mass is 10.1. The monoisotopic (exact) mass is 458 g/mol. The maximum absolute atomic E-state index is 13.3. The predicted octanol–water partition coefficient (Wildman–Crippen LogP) is 3.51. The zero-order chi connectivity index (χ0) is 22.0. The molecule has 2 aromatic heterocycles. The first kappa shape index (κ1) is 21.7. The summed E-state index contributed by atoms with van der Waals surface area (Å²) < 4.78 is 23.5. The number of hydrogen-bond donors (Lipinski definition) is 1. The molecule has 31 heavy (non-hydrogen) atoms. The summed E-state index contributed by atoms with van der Waals surface area (Å²) in [4.78, 5) is 25.3. The molecule has 0 aliphatic carbocycles. The van der Waals surface area contributed by atoms with Crippen LogP contribution >= 0.6 is 11.3 Å². The molecule has 1 amide bonds. The van der Waals surface area contributed by atoms with Crippen molar-refractivity contribution in [3.8, 4) is 0 Å². The lowest BCUT2D eigenvalue weighted by Crippen LogP contribution is -2.30. The Morgan fingerprint density at radius 3 is 2.71 bits per heavy atom. The second-order valence-corrected chi connectivity index (χ2v) is 11.1. The molecule has 9 heteroatoms. The lowest BCUT2D eigenvalue weighted by Gasteiger charge is -2.20. The van der Waals surface area contributed by atoms with E-state index in [1.54, 1.807) is 0 Å². The smallest absolute Gasteiger partial charge is 0.264 e. The quantitative estimate of drug-likeness (QED) is 0.583. The third-order valence-corrected chi connectivity index (χ3v) is 8.72. The van der Waals surface area contributed by atoms with Crippen LogP contribution in [-0.2, 0) is 16.4 Å². The van der Waals surface area contributed by atoms with Crippen molar-refractivity contribution < 1.29 is 13.2 Å². The molecule has 1 fully saturated rings. The molecule has 0 bridgehead atoms. The van der Waals surface area contributed by atoms with Crippen LogP contribution in [0.2, 0.25) is 0 Å². The summed E-state index contributed by atoms with van der Waals surface area (Å²) in [6, 6.07) is 9.95. The Morgan fingerprint density at radius 1 is 1.26 bits per heavy atom. The highest BCUT2D eigenvalue weighted by atomic mass is 32.2. The summed E-state index contributed by atoms with van der Waals surface area (Å²) in [5, 5.41) is 4.15. The van der Waals surface area contributed by atoms with E-state index in [0.717, 1.165) is 21.3 Å². The maximum Gasteiger partial charge on any atom is 0.264 e. The minimum Gasteiger partial charge on any atom is -0.369 e. The van der Waals surface area contributed by atoms with Crippen molar-refractivity contribution in [1.29, 1.82) is 0 Å². The van der Waals surface area contributed by atoms with E-state index in [1.165, 1.54) is 17.7 Å². The van der Waals surface area contributed by atoms with E-state index in [1.807, 2.05) is 49.1 Å². The first-order valence-corrected chi connectivity index (χ1v) is 13.0. The average Bonchev–Trinajstić information content (AvgIpc) is 3.30. The Kier molecular flexibility index (Phi) is 6.24. The molecule has 1 aliphatic heterocycles. The van der Waals surface area contributed by atoms with Crippen LogP contribution in [0.15, 0.2) is 36.7 Å². The number of hydrogen-bond acceptors (Lipinski definition) is 7. The van der Waals surface area contributed by atoms with Gasteiger partial charge < -0.3 is 10.2 Å². The van der Waals surface area contributed by atoms with Gasteiger partial charge in [-0.3, -0.25) is 4.79 Å². The molecule has 0 spiro atoms. The Balaban J connectivity index is 1.57. The fourth-order valence-corrected chi connectivity index (χ4v) is 6.94. The molecule has 1 atom stereocenters. The van der Waals surface area contributed by atoms with E-state index in [-0.39, 0.29) is 23.3 Å². The summed E-state index contributed by atoms with van der Waals surface area (Å²) in [6.45, 7) is 5.60. The minimum atomic E-state index is -2.92. The molecule has 0 saturated carbocycles. The summed E-state index contributed by atoms with van der Waals surface area (Å²) in [5.74, 6) is 1.19. The van der Waals surface area contributed by atoms with Crippen molar-refractivity contribution in [3.05, 3.63) is 52.7 Å². The molecular formula is C22H26N4O3S2. The zero-order valence-electron chi connectivity index (χ0n) is 17.7. The standard InChI is InChI=1S/C22H26N4O3S2/c1-3-26(12-16-7-5-4-6-8-16)22(27)19-15(2)18-20(24-14-25-21(18)30-19)23-11-17-9-10-31(28,29)13-17/h4-8,14,17H,3,9-13H2,1-2H3,(H,23,24,25)/t17-/m1/s1. The lowest BCUT2D eigenvalue weighted by molar-refractivity contribution is 0.0757. The van der Waals surface area contributed by atoms with Gasteiger partial charge >= 0.3 is 0 Å². The van der Waals surface area contributed by atoms with Gasteiger partial charge in [0, 0.05) is 19.6 Å². The van der Waals surface area contributed by atoms with Crippen LogP contribution in [0, 0.1) is 12.8 Å². The molecule has 4 rings (SSSR count). The Morgan fingerprint density at radius 2 is 2.03 bits per heavy atom. The van der Waals surface area contributed by atoms with Crippen molar-refractivity contribution in [2.45, 2.75) is 26.8 Å². The van der Waals surface area contributed by atoms with Crippen LogP contribution in [0.1, 0.15) is 34.1 Å². The van der Waals surface area contributed by atoms with Gasteiger partial charge in [0.05, 0.1) is 21.8 Å². The predicted molar refractivity (Wildman–Crippen MR) is 124 cm³/mol. The van der Waals surface area contributed by atoms with Crippen molar-refractivity contribution in [2.24, 2.45) is 5.92 Å². The number of carbonyl (C=O) groups is 1. The summed E-state index contributed by atoms with van der Waals surface area (Å²) in [5.41, 5.74) is 1.95. The van der Waals surface area contributed by atoms with Gasteiger partial charge in [0.15, 0.2) is 9.84 Å². The number of rotatable bonds is 7. The molecule has 0 radical (unpaired) electrons. The van der Waals surface area contributed by atoms with Gasteiger partial charge in [0.25, 0.3) is 5.91 Å². The van der Waals surface area contributed by atoms with E-state index in [2.05, 4.69) is 15.3 Å². The van der Waals surface area contributed by atoms with Gasteiger partial charge in [-0.15, -0.1) is 11.3 Å². The van der Waals surface area contributed by atoms with Gasteiger partial charge in [0.2, 0.25) is 0 Å². The van der Waals surface area contributed by atoms with Gasteiger partial charge in [-0.05, 0) is 37.3 Å². The highest BCUT2D eigenvalue weighted by Gasteiger charge is 2.28. The van der Waals surface area contributed by atoms with Gasteiger partial charge in [0.1, 0.15) is 17.0 Å². The minimum absolute atomic E-state index is 0.0142. The second-order valence-electron chi connectivity index (χ2n) is 7.91. The van der Waals surface area contributed by atoms with E-state index < -0.39 is 9.84 Å². The molecular weight excluding hydrogens is 432 g/mol. The number of carbonyl (C=O) groups excluding carboxylic acids is 1. The number of nitrogens with one attached hydrogen (secondary N) is 1. The molecule has 164 valence electrons. The van der Waals surface area contributed by atoms with Gasteiger partial charge in [-0.1, -0.05) is 30.3 Å². The van der Waals surface area contributed by atoms with Gasteiger partial charge in [-0.25, -0.2) is 18.4 Å². The van der Waals surface area contributed by atoms with Crippen molar-refractivity contribution in [2.75, 3.05) is 29.9 Å². The third-order valence-electron chi connectivity index (χ3n) is 5.69. The normalized spacial score (nSPS) is 17.7. The fraction of sp³-hybridized carbons (Fsp3) is 0.409. The number of benzene rings is 1. The third kappa shape index (κ3) is 4.72. The number of fused-ring (bicyclic) bond motifs is 1. The first-order chi connectivity index (χ1) is 14.9. The van der Waals surface area contributed by atoms with Crippen LogP contribution < -0.4 is 5.32 Å². The second kappa shape index (κ2) is 8.92. The summed E-state index contributed by atoms with van der Waals surface area (Å²) in [7, 11) is -2.92. The van der Waals surface area contributed by atoms with Crippen LogP contribution in [0.25, 0.3) is 10.2 Å². The molecule has 1 aromatic carbocycles. The Bertz CT molecular complexity index is 1190. The van der Waals surface area contributed by atoms with Crippen molar-refractivity contribution in [1.82, 2.24) is 14.9 Å². The van der Waals surface area contributed by atoms with Gasteiger partial charge in [-0.2, -0.15) is 0 Å². The number of aromatic nitrogens is 2. The molecule has 1 saturated heterocycles. The van der Waals surface area contributed by atoms with Crippen LogP contribution in [-0.4, -0.2) is 53.8 Å². The van der Waals surface area contributed by atoms with Crippen LogP contribution in [0.3, 0.4) is 0 Å². The van der Waals surface area contributed by atoms with Crippen molar-refractivity contribution >= 4 is 43.1 Å². The SMILES string of the molecule is CCN(Cc1ccccc1)C(=O)c1sc2ncnc(NC[C@H]3CCS(=O)(=O)C3)c2c1C. The first-order valence-electron chi connectivity index (χ1n) is 10.4. The fourth-order valence-electron chi connectivity index (χ4n) is 3.96. The van der Waals surface area contributed by atoms with Crippen molar-refractivity contribution in [3.63, 3.8) is 0 Å². The molecule has 7 nitrogen and oxygen atoms in total. The Hall–Kier alpha value is -2.52. The number of nitrogens with zero attached hydrogens (tertiary/aromatic N) is 3. The molecule has 3 aromatic rings. The molecule has 0 unspecified atom stereocenters. The number of amides is 1. The molecule has 1 aliphatic rings. The Labute approximate surface area is 186 Å². The maximum atomic E-state index is 13.3. The van der Waals surface area contributed by atoms with E-state index in [0.29, 0.717) is 36.8 Å². The van der Waals surface area contributed by atoms with E-state index in [4.69, 9.17) is 0 Å². The largest absolute Gasteiger partial charge is 0.369 e. The van der Waals surface area contributed by atoms with Crippen LogP contribution in [0.5, 0.6) is 0 Å². The highest BCUT2D eigenvalue weighted by Crippen LogP contribution is 2.34. The van der Waals surface area contributed by atoms with E-state index in [9.17, 15) is 13.2 Å². The molecule has 3 heterocycles. The topological polar surface area (TPSA) is 92.3 Å².